The van der Waals surface area contributed by atoms with E-state index < -0.39 is 59.9 Å². The highest BCUT2D eigenvalue weighted by molar-refractivity contribution is 5.94. The molecule has 37 heavy (non-hydrogen) atoms. The van der Waals surface area contributed by atoms with E-state index >= 15 is 0 Å². The number of amides is 4. The number of nitrogens with one attached hydrogen (secondary N) is 3. The number of aliphatic hydroxyl groups excluding tert-OH is 1. The molecule has 0 radical (unpaired) electrons. The third-order valence-electron chi connectivity index (χ3n) is 5.58. The Bertz CT molecular complexity index is 912. The zero-order chi connectivity index (χ0) is 28.0. The fraction of sp³-hybridized carbons (Fsp3) is 0.542. The number of benzene rings is 1. The van der Waals surface area contributed by atoms with E-state index in [2.05, 4.69) is 16.0 Å². The third kappa shape index (κ3) is 11.8. The molecule has 0 fully saturated rings. The lowest BCUT2D eigenvalue weighted by atomic mass is 10.0. The van der Waals surface area contributed by atoms with Crippen LogP contribution in [0.3, 0.4) is 0 Å². The Morgan fingerprint density at radius 1 is 0.892 bits per heavy atom. The maximum Gasteiger partial charge on any atom is 0.326 e. The van der Waals surface area contributed by atoms with Gasteiger partial charge in [-0.1, -0.05) is 36.8 Å². The van der Waals surface area contributed by atoms with E-state index in [4.69, 9.17) is 17.2 Å². The van der Waals surface area contributed by atoms with E-state index in [1.54, 1.807) is 30.3 Å². The van der Waals surface area contributed by atoms with Gasteiger partial charge in [0, 0.05) is 12.8 Å². The van der Waals surface area contributed by atoms with Crippen LogP contribution >= 0.6 is 0 Å². The molecule has 1 aromatic carbocycles. The van der Waals surface area contributed by atoms with Gasteiger partial charge in [-0.2, -0.15) is 0 Å². The molecule has 13 nitrogen and oxygen atoms in total. The monoisotopic (exact) mass is 522 g/mol. The lowest BCUT2D eigenvalue weighted by molar-refractivity contribution is -0.143. The first kappa shape index (κ1) is 31.5. The van der Waals surface area contributed by atoms with Gasteiger partial charge < -0.3 is 43.4 Å². The maximum absolute atomic E-state index is 13.0. The third-order valence-corrected chi connectivity index (χ3v) is 5.58. The average Bonchev–Trinajstić information content (AvgIpc) is 2.84. The number of aliphatic carboxylic acids is 1. The minimum absolute atomic E-state index is 0.0261. The van der Waals surface area contributed by atoms with E-state index in [1.807, 2.05) is 0 Å². The van der Waals surface area contributed by atoms with Crippen LogP contribution in [-0.4, -0.2) is 76.6 Å². The first-order valence-corrected chi connectivity index (χ1v) is 12.1. The molecule has 0 aliphatic heterocycles. The molecule has 0 aliphatic carbocycles. The van der Waals surface area contributed by atoms with Crippen LogP contribution in [0.5, 0.6) is 0 Å². The second kappa shape index (κ2) is 16.2. The van der Waals surface area contributed by atoms with Crippen molar-refractivity contribution in [3.8, 4) is 0 Å². The fourth-order valence-electron chi connectivity index (χ4n) is 3.44. The van der Waals surface area contributed by atoms with Crippen molar-refractivity contribution in [2.45, 2.75) is 75.7 Å². The molecule has 206 valence electrons. The Balaban J connectivity index is 2.94. The summed E-state index contributed by atoms with van der Waals surface area (Å²) in [7, 11) is 0. The molecule has 0 saturated carbocycles. The predicted octanol–water partition coefficient (Wildman–Crippen LogP) is -2.13. The largest absolute Gasteiger partial charge is 0.480 e. The number of primary amides is 1. The van der Waals surface area contributed by atoms with Crippen LogP contribution in [-0.2, 0) is 30.4 Å². The summed E-state index contributed by atoms with van der Waals surface area (Å²) in [5, 5.41) is 26.8. The molecular formula is C24H38N6O7. The summed E-state index contributed by atoms with van der Waals surface area (Å²) in [5.74, 6) is -4.48. The molecule has 1 aromatic rings. The number of hydrogen-bond acceptors (Lipinski definition) is 8. The van der Waals surface area contributed by atoms with Crippen LogP contribution in [0, 0.1) is 0 Å². The first-order valence-electron chi connectivity index (χ1n) is 12.1. The Hall–Kier alpha value is -3.55. The van der Waals surface area contributed by atoms with Crippen molar-refractivity contribution in [2.24, 2.45) is 17.2 Å². The van der Waals surface area contributed by atoms with Crippen LogP contribution in [0.2, 0.25) is 0 Å². The number of aliphatic hydroxyl groups is 1. The van der Waals surface area contributed by atoms with Crippen molar-refractivity contribution in [3.63, 3.8) is 0 Å². The summed E-state index contributed by atoms with van der Waals surface area (Å²) < 4.78 is 0. The number of carbonyl (C=O) groups excluding carboxylic acids is 4. The molecule has 0 aromatic heterocycles. The van der Waals surface area contributed by atoms with Crippen LogP contribution < -0.4 is 33.2 Å². The summed E-state index contributed by atoms with van der Waals surface area (Å²) in [4.78, 5) is 61.3. The van der Waals surface area contributed by atoms with Crippen molar-refractivity contribution in [3.05, 3.63) is 35.9 Å². The second-order valence-corrected chi connectivity index (χ2v) is 8.77. The molecule has 0 bridgehead atoms. The number of unbranched alkanes of at least 4 members (excludes halogenated alkanes) is 1. The molecule has 0 saturated heterocycles. The molecule has 0 heterocycles. The van der Waals surface area contributed by atoms with Gasteiger partial charge in [0.25, 0.3) is 0 Å². The highest BCUT2D eigenvalue weighted by Crippen LogP contribution is 2.07. The molecule has 0 aliphatic rings. The highest BCUT2D eigenvalue weighted by Gasteiger charge is 2.32. The SMILES string of the molecule is CC(O)C(NC(=O)C(CCC(N)=O)NC(=O)C(N)CCCCN)C(=O)NC(Cc1ccccc1)C(=O)O. The van der Waals surface area contributed by atoms with Gasteiger partial charge in [-0.15, -0.1) is 0 Å². The fourth-order valence-corrected chi connectivity index (χ4v) is 3.44. The minimum Gasteiger partial charge on any atom is -0.480 e. The van der Waals surface area contributed by atoms with Crippen LogP contribution in [0.15, 0.2) is 30.3 Å². The first-order chi connectivity index (χ1) is 17.5. The second-order valence-electron chi connectivity index (χ2n) is 8.77. The lowest BCUT2D eigenvalue weighted by Crippen LogP contribution is -2.60. The van der Waals surface area contributed by atoms with Crippen LogP contribution in [0.25, 0.3) is 0 Å². The van der Waals surface area contributed by atoms with Gasteiger partial charge in [-0.05, 0) is 38.3 Å². The Morgan fingerprint density at radius 2 is 1.51 bits per heavy atom. The smallest absolute Gasteiger partial charge is 0.326 e. The standard InChI is InChI=1S/C24H38N6O7/c1-14(31)20(23(35)29-18(24(36)37)13-15-7-3-2-4-8-15)30-22(34)17(10-11-19(27)32)28-21(33)16(26)9-5-6-12-25/h2-4,7-8,14,16-18,20,31H,5-6,9-13,25-26H2,1H3,(H2,27,32)(H,28,33)(H,29,35)(H,30,34)(H,36,37). The molecule has 11 N–H and O–H groups in total. The van der Waals surface area contributed by atoms with Crippen LogP contribution in [0.4, 0.5) is 0 Å². The minimum atomic E-state index is -1.55. The van der Waals surface area contributed by atoms with E-state index in [0.717, 1.165) is 0 Å². The highest BCUT2D eigenvalue weighted by atomic mass is 16.4. The van der Waals surface area contributed by atoms with E-state index in [9.17, 15) is 34.2 Å². The van der Waals surface area contributed by atoms with Gasteiger partial charge in [-0.25, -0.2) is 4.79 Å². The summed E-state index contributed by atoms with van der Waals surface area (Å²) in [6.45, 7) is 1.68. The predicted molar refractivity (Wildman–Crippen MR) is 135 cm³/mol. The lowest BCUT2D eigenvalue weighted by Gasteiger charge is -2.26. The zero-order valence-corrected chi connectivity index (χ0v) is 20.9. The van der Waals surface area contributed by atoms with Crippen molar-refractivity contribution < 1.29 is 34.2 Å². The van der Waals surface area contributed by atoms with Crippen molar-refractivity contribution in [2.75, 3.05) is 6.54 Å². The topological polar surface area (TPSA) is 240 Å². The van der Waals surface area contributed by atoms with E-state index in [0.29, 0.717) is 31.4 Å². The summed E-state index contributed by atoms with van der Waals surface area (Å²) >= 11 is 0. The number of carboxylic acid groups (broad SMARTS) is 1. The maximum atomic E-state index is 13.0. The zero-order valence-electron chi connectivity index (χ0n) is 20.9. The average molecular weight is 523 g/mol. The van der Waals surface area contributed by atoms with E-state index in [-0.39, 0.29) is 19.3 Å². The van der Waals surface area contributed by atoms with Crippen molar-refractivity contribution >= 4 is 29.6 Å². The van der Waals surface area contributed by atoms with Crippen molar-refractivity contribution in [1.29, 1.82) is 0 Å². The van der Waals surface area contributed by atoms with Crippen LogP contribution in [0.1, 0.15) is 44.6 Å². The molecule has 0 spiro atoms. The number of nitrogens with two attached hydrogens (primary N) is 3. The molecule has 5 unspecified atom stereocenters. The summed E-state index contributed by atoms with van der Waals surface area (Å²) in [6.07, 6.45) is -0.278. The number of carbonyl (C=O) groups is 5. The van der Waals surface area contributed by atoms with Gasteiger partial charge in [-0.3, -0.25) is 19.2 Å². The van der Waals surface area contributed by atoms with E-state index in [1.165, 1.54) is 6.92 Å². The molecule has 13 heteroatoms. The van der Waals surface area contributed by atoms with Gasteiger partial charge in [0.2, 0.25) is 23.6 Å². The van der Waals surface area contributed by atoms with Crippen molar-refractivity contribution in [1.82, 2.24) is 16.0 Å². The van der Waals surface area contributed by atoms with Gasteiger partial charge in [0.15, 0.2) is 0 Å². The van der Waals surface area contributed by atoms with Gasteiger partial charge in [0.05, 0.1) is 12.1 Å². The number of rotatable bonds is 17. The van der Waals surface area contributed by atoms with Gasteiger partial charge in [0.1, 0.15) is 18.1 Å². The molecular weight excluding hydrogens is 484 g/mol. The normalized spacial score (nSPS) is 14.9. The quantitative estimate of drug-likeness (QED) is 0.104. The molecule has 5 atom stereocenters. The Labute approximate surface area is 215 Å². The van der Waals surface area contributed by atoms with Gasteiger partial charge >= 0.3 is 5.97 Å². The number of carboxylic acids is 1. The Kier molecular flexibility index (Phi) is 13.8. The number of hydrogen-bond donors (Lipinski definition) is 8. The summed E-state index contributed by atoms with van der Waals surface area (Å²) in [5.41, 5.74) is 17.1. The summed E-state index contributed by atoms with van der Waals surface area (Å²) in [6, 6.07) is 3.51. The molecule has 1 rings (SSSR count). The Morgan fingerprint density at radius 3 is 2.05 bits per heavy atom. The molecule has 4 amide bonds.